The predicted molar refractivity (Wildman–Crippen MR) is 102 cm³/mol. The lowest BCUT2D eigenvalue weighted by Gasteiger charge is -2.14. The average Bonchev–Trinajstić information content (AvgIpc) is 2.69. The Morgan fingerprint density at radius 2 is 1.78 bits per heavy atom. The zero-order valence-electron chi connectivity index (χ0n) is 15.7. The molecule has 0 radical (unpaired) electrons. The summed E-state index contributed by atoms with van der Waals surface area (Å²) in [7, 11) is 1.56. The van der Waals surface area contributed by atoms with Gasteiger partial charge in [0, 0.05) is 11.9 Å². The van der Waals surface area contributed by atoms with Crippen LogP contribution in [0, 0.1) is 0 Å². The van der Waals surface area contributed by atoms with Gasteiger partial charge in [0.2, 0.25) is 5.91 Å². The fourth-order valence-corrected chi connectivity index (χ4v) is 2.59. The highest BCUT2D eigenvalue weighted by Gasteiger charge is 2.18. The summed E-state index contributed by atoms with van der Waals surface area (Å²) in [6, 6.07) is 9.86. The Labute approximate surface area is 158 Å². The van der Waals surface area contributed by atoms with Crippen molar-refractivity contribution in [1.29, 1.82) is 0 Å². The average molecular weight is 372 g/mol. The van der Waals surface area contributed by atoms with Crippen LogP contribution in [0.25, 0.3) is 10.8 Å². The van der Waals surface area contributed by atoms with E-state index >= 15 is 0 Å². The number of carbonyl (C=O) groups is 3. The number of benzene rings is 2. The van der Waals surface area contributed by atoms with Gasteiger partial charge in [-0.05, 0) is 30.9 Å². The van der Waals surface area contributed by atoms with E-state index in [0.717, 1.165) is 11.8 Å². The van der Waals surface area contributed by atoms with Crippen LogP contribution < -0.4 is 15.4 Å². The molecule has 144 valence electrons. The van der Waals surface area contributed by atoms with Crippen LogP contribution in [-0.4, -0.2) is 44.1 Å². The van der Waals surface area contributed by atoms with Crippen molar-refractivity contribution in [3.63, 3.8) is 0 Å². The quantitative estimate of drug-likeness (QED) is 0.692. The zero-order valence-corrected chi connectivity index (χ0v) is 15.7. The smallest absolute Gasteiger partial charge is 0.339 e. The highest BCUT2D eigenvalue weighted by molar-refractivity contribution is 6.06. The van der Waals surface area contributed by atoms with Crippen LogP contribution in [0.2, 0.25) is 0 Å². The molecule has 2 N–H and O–H groups in total. The van der Waals surface area contributed by atoms with Gasteiger partial charge in [0.05, 0.1) is 12.7 Å². The molecule has 2 aromatic carbocycles. The second kappa shape index (κ2) is 9.56. The standard InChI is InChI=1S/C20H24N2O5/c1-4-11-21-19(24)13(2)22-18(23)12-27-20(25)16-9-10-17(26-3)15-8-6-5-7-14(15)16/h5-10,13H,4,11-12H2,1-3H3,(H,21,24)(H,22,23)/t13-/m1/s1. The first-order valence-electron chi connectivity index (χ1n) is 8.77. The van der Waals surface area contributed by atoms with E-state index in [1.807, 2.05) is 25.1 Å². The molecule has 2 amide bonds. The van der Waals surface area contributed by atoms with Gasteiger partial charge in [0.1, 0.15) is 11.8 Å². The fourth-order valence-electron chi connectivity index (χ4n) is 2.59. The van der Waals surface area contributed by atoms with Crippen LogP contribution in [0.5, 0.6) is 5.75 Å². The van der Waals surface area contributed by atoms with Crippen LogP contribution >= 0.6 is 0 Å². The number of esters is 1. The van der Waals surface area contributed by atoms with Crippen molar-refractivity contribution in [2.24, 2.45) is 0 Å². The molecule has 0 unspecified atom stereocenters. The molecule has 2 rings (SSSR count). The first-order chi connectivity index (χ1) is 13.0. The van der Waals surface area contributed by atoms with Crippen molar-refractivity contribution >= 4 is 28.6 Å². The van der Waals surface area contributed by atoms with Crippen molar-refractivity contribution in [3.05, 3.63) is 42.0 Å². The maximum atomic E-state index is 12.4. The largest absolute Gasteiger partial charge is 0.496 e. The van der Waals surface area contributed by atoms with Crippen LogP contribution in [0.1, 0.15) is 30.6 Å². The minimum atomic E-state index is -0.704. The van der Waals surface area contributed by atoms with Crippen molar-refractivity contribution in [1.82, 2.24) is 10.6 Å². The van der Waals surface area contributed by atoms with Gasteiger partial charge < -0.3 is 20.1 Å². The second-order valence-electron chi connectivity index (χ2n) is 6.02. The van der Waals surface area contributed by atoms with Gasteiger partial charge in [-0.25, -0.2) is 4.79 Å². The van der Waals surface area contributed by atoms with Gasteiger partial charge in [0.15, 0.2) is 6.61 Å². The second-order valence-corrected chi connectivity index (χ2v) is 6.02. The Hall–Kier alpha value is -3.09. The predicted octanol–water partition coefficient (Wildman–Crippen LogP) is 2.04. The third-order valence-electron chi connectivity index (χ3n) is 3.98. The Morgan fingerprint density at radius 3 is 2.44 bits per heavy atom. The Morgan fingerprint density at radius 1 is 1.07 bits per heavy atom. The maximum absolute atomic E-state index is 12.4. The third kappa shape index (κ3) is 5.20. The number of methoxy groups -OCH3 is 1. The van der Waals surface area contributed by atoms with Gasteiger partial charge in [-0.15, -0.1) is 0 Å². The summed E-state index contributed by atoms with van der Waals surface area (Å²) in [6.07, 6.45) is 0.805. The van der Waals surface area contributed by atoms with Crippen LogP contribution in [0.3, 0.4) is 0 Å². The van der Waals surface area contributed by atoms with E-state index in [9.17, 15) is 14.4 Å². The number of rotatable bonds is 8. The molecule has 7 heteroatoms. The van der Waals surface area contributed by atoms with Crippen molar-refractivity contribution in [3.8, 4) is 5.75 Å². The van der Waals surface area contributed by atoms with Crippen molar-refractivity contribution in [2.45, 2.75) is 26.3 Å². The molecule has 0 aliphatic carbocycles. The van der Waals surface area contributed by atoms with Crippen LogP contribution in [0.15, 0.2) is 36.4 Å². The summed E-state index contributed by atoms with van der Waals surface area (Å²) in [4.78, 5) is 36.1. The molecular formula is C20H24N2O5. The summed E-state index contributed by atoms with van der Waals surface area (Å²) in [5, 5.41) is 6.64. The lowest BCUT2D eigenvalue weighted by Crippen LogP contribution is -2.46. The van der Waals surface area contributed by atoms with Gasteiger partial charge in [0.25, 0.3) is 5.91 Å². The highest BCUT2D eigenvalue weighted by atomic mass is 16.5. The number of nitrogens with one attached hydrogen (secondary N) is 2. The zero-order chi connectivity index (χ0) is 19.8. The van der Waals surface area contributed by atoms with E-state index in [2.05, 4.69) is 10.6 Å². The van der Waals surface area contributed by atoms with Crippen molar-refractivity contribution in [2.75, 3.05) is 20.3 Å². The Bertz CT molecular complexity index is 834. The molecule has 0 heterocycles. The molecule has 0 saturated carbocycles. The third-order valence-corrected chi connectivity index (χ3v) is 3.98. The summed E-state index contributed by atoms with van der Waals surface area (Å²) in [5.74, 6) is -0.795. The SMILES string of the molecule is CCCNC(=O)[C@@H](C)NC(=O)COC(=O)c1ccc(OC)c2ccccc12. The number of ether oxygens (including phenoxy) is 2. The molecular weight excluding hydrogens is 348 g/mol. The first kappa shape index (κ1) is 20.2. The molecule has 27 heavy (non-hydrogen) atoms. The van der Waals surface area contributed by atoms with Crippen LogP contribution in [0.4, 0.5) is 0 Å². The molecule has 0 aliphatic rings. The molecule has 0 fully saturated rings. The minimum absolute atomic E-state index is 0.280. The van der Waals surface area contributed by atoms with Gasteiger partial charge in [-0.1, -0.05) is 31.2 Å². The van der Waals surface area contributed by atoms with Gasteiger partial charge in [-0.3, -0.25) is 9.59 Å². The highest BCUT2D eigenvalue weighted by Crippen LogP contribution is 2.28. The molecule has 0 bridgehead atoms. The van der Waals surface area contributed by atoms with Gasteiger partial charge in [-0.2, -0.15) is 0 Å². The van der Waals surface area contributed by atoms with E-state index in [1.54, 1.807) is 32.2 Å². The lowest BCUT2D eigenvalue weighted by molar-refractivity contribution is -0.130. The molecule has 0 aliphatic heterocycles. The number of amides is 2. The normalized spacial score (nSPS) is 11.5. The molecule has 0 saturated heterocycles. The molecule has 1 atom stereocenters. The molecule has 7 nitrogen and oxygen atoms in total. The lowest BCUT2D eigenvalue weighted by atomic mass is 10.0. The number of hydrogen-bond acceptors (Lipinski definition) is 5. The maximum Gasteiger partial charge on any atom is 0.339 e. The monoisotopic (exact) mass is 372 g/mol. The number of carbonyl (C=O) groups excluding carboxylic acids is 3. The summed E-state index contributed by atoms with van der Waals surface area (Å²) >= 11 is 0. The van der Waals surface area contributed by atoms with Crippen molar-refractivity contribution < 1.29 is 23.9 Å². The minimum Gasteiger partial charge on any atom is -0.496 e. The summed E-state index contributed by atoms with van der Waals surface area (Å²) < 4.78 is 10.4. The van der Waals surface area contributed by atoms with E-state index in [-0.39, 0.29) is 5.91 Å². The Kier molecular flexibility index (Phi) is 7.16. The van der Waals surface area contributed by atoms with E-state index in [1.165, 1.54) is 0 Å². The van der Waals surface area contributed by atoms with E-state index in [0.29, 0.717) is 23.2 Å². The molecule has 0 aromatic heterocycles. The number of hydrogen-bond donors (Lipinski definition) is 2. The summed E-state index contributed by atoms with van der Waals surface area (Å²) in [6.45, 7) is 3.58. The molecule has 2 aromatic rings. The van der Waals surface area contributed by atoms with Gasteiger partial charge >= 0.3 is 5.97 Å². The topological polar surface area (TPSA) is 93.7 Å². The first-order valence-corrected chi connectivity index (χ1v) is 8.77. The van der Waals surface area contributed by atoms with Crippen LogP contribution in [-0.2, 0) is 14.3 Å². The fraction of sp³-hybridized carbons (Fsp3) is 0.350. The number of fused-ring (bicyclic) bond motifs is 1. The van der Waals surface area contributed by atoms with E-state index in [4.69, 9.17) is 9.47 Å². The Balaban J connectivity index is 1.99. The molecule has 0 spiro atoms. The van der Waals surface area contributed by atoms with E-state index < -0.39 is 24.5 Å². The summed E-state index contributed by atoms with van der Waals surface area (Å²) in [5.41, 5.74) is 0.341.